The maximum absolute atomic E-state index is 11.9. The van der Waals surface area contributed by atoms with Gasteiger partial charge in [-0.2, -0.15) is 8.78 Å². The molecule has 0 aromatic heterocycles. The summed E-state index contributed by atoms with van der Waals surface area (Å²) in [6.07, 6.45) is 0. The van der Waals surface area contributed by atoms with Gasteiger partial charge in [-0.3, -0.25) is 10.1 Å². The Morgan fingerprint density at radius 3 is 2.67 bits per heavy atom. The van der Waals surface area contributed by atoms with Gasteiger partial charge in [-0.1, -0.05) is 6.07 Å². The van der Waals surface area contributed by atoms with Crippen LogP contribution in [0.4, 0.5) is 14.5 Å². The first kappa shape index (κ1) is 11.3. The molecular weight excluding hydrogens is 212 g/mol. The molecular formula is C8H7F2NO4. The minimum atomic E-state index is -3.14. The Morgan fingerprint density at radius 1 is 1.53 bits per heavy atom. The van der Waals surface area contributed by atoms with Crippen LogP contribution < -0.4 is 4.74 Å². The van der Waals surface area contributed by atoms with Crippen LogP contribution in [0.3, 0.4) is 0 Å². The average molecular weight is 219 g/mol. The summed E-state index contributed by atoms with van der Waals surface area (Å²) in [4.78, 5) is 9.68. The van der Waals surface area contributed by atoms with Crippen LogP contribution in [0.5, 0.6) is 5.75 Å². The second-order valence-electron chi connectivity index (χ2n) is 2.56. The Labute approximate surface area is 83.1 Å². The van der Waals surface area contributed by atoms with E-state index in [1.807, 2.05) is 0 Å². The standard InChI is InChI=1S/C8H7F2NO4/c9-8(10)15-6-3-1-2-5(4-12)7(6)11(13)14/h1-3,8,12H,4H2. The number of hydrogen-bond acceptors (Lipinski definition) is 4. The largest absolute Gasteiger partial charge is 0.427 e. The van der Waals surface area contributed by atoms with Crippen molar-refractivity contribution in [1.82, 2.24) is 0 Å². The number of aliphatic hydroxyl groups excluding tert-OH is 1. The monoisotopic (exact) mass is 219 g/mol. The van der Waals surface area contributed by atoms with Crippen LogP contribution in [0.25, 0.3) is 0 Å². The van der Waals surface area contributed by atoms with Gasteiger partial charge in [0.2, 0.25) is 5.75 Å². The number of aliphatic hydroxyl groups is 1. The topological polar surface area (TPSA) is 72.6 Å². The predicted molar refractivity (Wildman–Crippen MR) is 45.7 cm³/mol. The molecule has 0 spiro atoms. The van der Waals surface area contributed by atoms with Crippen LogP contribution in [0, 0.1) is 10.1 Å². The van der Waals surface area contributed by atoms with Crippen molar-refractivity contribution >= 4 is 5.69 Å². The van der Waals surface area contributed by atoms with Crippen LogP contribution in [0.15, 0.2) is 18.2 Å². The second kappa shape index (κ2) is 4.65. The SMILES string of the molecule is O=[N+]([O-])c1c(CO)cccc1OC(F)F. The smallest absolute Gasteiger partial charge is 0.387 e. The molecule has 82 valence electrons. The maximum atomic E-state index is 11.9. The van der Waals surface area contributed by atoms with Gasteiger partial charge in [0, 0.05) is 0 Å². The van der Waals surface area contributed by atoms with Crippen molar-refractivity contribution in [1.29, 1.82) is 0 Å². The number of benzene rings is 1. The molecule has 5 nitrogen and oxygen atoms in total. The average Bonchev–Trinajstić information content (AvgIpc) is 2.15. The number of nitro benzene ring substituents is 1. The molecule has 0 bridgehead atoms. The molecule has 0 saturated heterocycles. The first-order valence-electron chi connectivity index (χ1n) is 3.88. The fourth-order valence-corrected chi connectivity index (χ4v) is 1.09. The molecule has 0 aliphatic carbocycles. The molecule has 15 heavy (non-hydrogen) atoms. The quantitative estimate of drug-likeness (QED) is 0.617. The molecule has 7 heteroatoms. The predicted octanol–water partition coefficient (Wildman–Crippen LogP) is 1.69. The molecule has 0 fully saturated rings. The zero-order chi connectivity index (χ0) is 11.4. The van der Waals surface area contributed by atoms with Crippen LogP contribution in [-0.2, 0) is 6.61 Å². The first-order chi connectivity index (χ1) is 7.06. The lowest BCUT2D eigenvalue weighted by Gasteiger charge is -2.06. The van der Waals surface area contributed by atoms with E-state index in [0.717, 1.165) is 6.07 Å². The van der Waals surface area contributed by atoms with Crippen molar-refractivity contribution < 1.29 is 23.5 Å². The highest BCUT2D eigenvalue weighted by atomic mass is 19.3. The zero-order valence-corrected chi connectivity index (χ0v) is 7.39. The Hall–Kier alpha value is -1.76. The molecule has 0 aliphatic rings. The lowest BCUT2D eigenvalue weighted by atomic mass is 10.2. The number of ether oxygens (including phenoxy) is 1. The third-order valence-corrected chi connectivity index (χ3v) is 1.65. The fraction of sp³-hybridized carbons (Fsp3) is 0.250. The van der Waals surface area contributed by atoms with E-state index >= 15 is 0 Å². The van der Waals surface area contributed by atoms with Crippen molar-refractivity contribution in [3.8, 4) is 5.75 Å². The zero-order valence-electron chi connectivity index (χ0n) is 7.39. The van der Waals surface area contributed by atoms with E-state index in [9.17, 15) is 18.9 Å². The molecule has 1 rings (SSSR count). The minimum Gasteiger partial charge on any atom is -0.427 e. The number of rotatable bonds is 4. The van der Waals surface area contributed by atoms with Gasteiger partial charge in [0.25, 0.3) is 0 Å². The minimum absolute atomic E-state index is 0.0712. The van der Waals surface area contributed by atoms with E-state index in [4.69, 9.17) is 5.11 Å². The lowest BCUT2D eigenvalue weighted by Crippen LogP contribution is -2.06. The van der Waals surface area contributed by atoms with E-state index in [2.05, 4.69) is 4.74 Å². The molecule has 0 atom stereocenters. The third-order valence-electron chi connectivity index (χ3n) is 1.65. The van der Waals surface area contributed by atoms with Crippen LogP contribution in [0.2, 0.25) is 0 Å². The summed E-state index contributed by atoms with van der Waals surface area (Å²) in [5.41, 5.74) is -0.710. The van der Waals surface area contributed by atoms with Gasteiger partial charge in [-0.15, -0.1) is 0 Å². The molecule has 0 unspecified atom stereocenters. The fourth-order valence-electron chi connectivity index (χ4n) is 1.09. The molecule has 1 N–H and O–H groups in total. The molecule has 1 aromatic rings. The Bertz CT molecular complexity index is 370. The highest BCUT2D eigenvalue weighted by Crippen LogP contribution is 2.31. The number of nitro groups is 1. The molecule has 0 heterocycles. The van der Waals surface area contributed by atoms with Gasteiger partial charge >= 0.3 is 12.3 Å². The van der Waals surface area contributed by atoms with Gasteiger partial charge in [0.15, 0.2) is 0 Å². The molecule has 0 aliphatic heterocycles. The van der Waals surface area contributed by atoms with Crippen LogP contribution >= 0.6 is 0 Å². The van der Waals surface area contributed by atoms with E-state index in [1.165, 1.54) is 12.1 Å². The Kier molecular flexibility index (Phi) is 3.51. The molecule has 0 amide bonds. The summed E-state index contributed by atoms with van der Waals surface area (Å²) in [5.74, 6) is -0.554. The lowest BCUT2D eigenvalue weighted by molar-refractivity contribution is -0.387. The first-order valence-corrected chi connectivity index (χ1v) is 3.88. The summed E-state index contributed by atoms with van der Waals surface area (Å²) in [7, 11) is 0. The summed E-state index contributed by atoms with van der Waals surface area (Å²) in [6.45, 7) is -3.76. The second-order valence-corrected chi connectivity index (χ2v) is 2.56. The van der Waals surface area contributed by atoms with Crippen LogP contribution in [-0.4, -0.2) is 16.6 Å². The summed E-state index contributed by atoms with van der Waals surface area (Å²) in [6, 6.07) is 3.59. The van der Waals surface area contributed by atoms with Crippen molar-refractivity contribution in [3.63, 3.8) is 0 Å². The number of alkyl halides is 2. The number of hydrogen-bond donors (Lipinski definition) is 1. The highest BCUT2D eigenvalue weighted by Gasteiger charge is 2.22. The Morgan fingerprint density at radius 2 is 2.20 bits per heavy atom. The summed E-state index contributed by atoms with van der Waals surface area (Å²) in [5, 5.41) is 19.3. The van der Waals surface area contributed by atoms with Crippen molar-refractivity contribution in [2.45, 2.75) is 13.2 Å². The van der Waals surface area contributed by atoms with Gasteiger partial charge < -0.3 is 9.84 Å². The van der Waals surface area contributed by atoms with Gasteiger partial charge in [0.1, 0.15) is 0 Å². The van der Waals surface area contributed by atoms with Crippen LogP contribution in [0.1, 0.15) is 5.56 Å². The summed E-state index contributed by atoms with van der Waals surface area (Å²) < 4.78 is 27.7. The van der Waals surface area contributed by atoms with Gasteiger partial charge in [0.05, 0.1) is 17.1 Å². The van der Waals surface area contributed by atoms with Crippen molar-refractivity contribution in [2.24, 2.45) is 0 Å². The molecule has 0 saturated carbocycles. The summed E-state index contributed by atoms with van der Waals surface area (Å²) >= 11 is 0. The Balaban J connectivity index is 3.19. The molecule has 1 aromatic carbocycles. The van der Waals surface area contributed by atoms with E-state index in [1.54, 1.807) is 0 Å². The number of halogens is 2. The highest BCUT2D eigenvalue weighted by molar-refractivity contribution is 5.52. The van der Waals surface area contributed by atoms with Gasteiger partial charge in [-0.05, 0) is 12.1 Å². The van der Waals surface area contributed by atoms with E-state index in [0.29, 0.717) is 0 Å². The maximum Gasteiger partial charge on any atom is 0.387 e. The van der Waals surface area contributed by atoms with Crippen molar-refractivity contribution in [3.05, 3.63) is 33.9 Å². The molecule has 0 radical (unpaired) electrons. The number of nitrogens with zero attached hydrogens (tertiary/aromatic N) is 1. The normalized spacial score (nSPS) is 10.4. The van der Waals surface area contributed by atoms with Crippen molar-refractivity contribution in [2.75, 3.05) is 0 Å². The number of para-hydroxylation sites is 1. The van der Waals surface area contributed by atoms with E-state index < -0.39 is 29.6 Å². The third kappa shape index (κ3) is 2.59. The van der Waals surface area contributed by atoms with Gasteiger partial charge in [-0.25, -0.2) is 0 Å². The van der Waals surface area contributed by atoms with E-state index in [-0.39, 0.29) is 5.56 Å².